The second-order valence-corrected chi connectivity index (χ2v) is 5.03. The molecular formula is C15H13N3O4. The molecule has 0 unspecified atom stereocenters. The van der Waals surface area contributed by atoms with Crippen LogP contribution in [0.15, 0.2) is 52.0 Å². The van der Waals surface area contributed by atoms with Gasteiger partial charge in [-0.05, 0) is 24.0 Å². The van der Waals surface area contributed by atoms with Crippen LogP contribution in [-0.2, 0) is 4.79 Å². The average Bonchev–Trinajstić information content (AvgIpc) is 3.19. The number of hydrazone groups is 1. The highest BCUT2D eigenvalue weighted by Gasteiger charge is 2.43. The molecule has 1 aromatic heterocycles. The van der Waals surface area contributed by atoms with Gasteiger partial charge >= 0.3 is 5.88 Å². The standard InChI is InChI=1S/C15H13N3O4/c19-15(13-8-12(13)10-4-2-1-3-5-10)17-16-9-11-6-7-14(22-11)18(20)21/h1-7,9,12-13H,8H2,(H,17,19)/b16-9-/t12-,13-/m0/s1. The second-order valence-electron chi connectivity index (χ2n) is 5.03. The maximum absolute atomic E-state index is 11.9. The Labute approximate surface area is 125 Å². The highest BCUT2D eigenvalue weighted by atomic mass is 16.6. The van der Waals surface area contributed by atoms with Crippen LogP contribution in [0.3, 0.4) is 0 Å². The minimum atomic E-state index is -0.634. The maximum Gasteiger partial charge on any atom is 0.433 e. The third-order valence-corrected chi connectivity index (χ3v) is 3.51. The molecule has 7 nitrogen and oxygen atoms in total. The fraction of sp³-hybridized carbons (Fsp3) is 0.200. The summed E-state index contributed by atoms with van der Waals surface area (Å²) in [6.45, 7) is 0. The van der Waals surface area contributed by atoms with Crippen LogP contribution in [0.2, 0.25) is 0 Å². The number of nitro groups is 1. The zero-order chi connectivity index (χ0) is 15.5. The Morgan fingerprint density at radius 1 is 1.32 bits per heavy atom. The summed E-state index contributed by atoms with van der Waals surface area (Å²) in [7, 11) is 0. The number of hydrogen-bond donors (Lipinski definition) is 1. The van der Waals surface area contributed by atoms with Gasteiger partial charge in [0.1, 0.15) is 4.92 Å². The van der Waals surface area contributed by atoms with E-state index in [-0.39, 0.29) is 29.4 Å². The Morgan fingerprint density at radius 2 is 2.09 bits per heavy atom. The Hall–Kier alpha value is -2.96. The first-order valence-electron chi connectivity index (χ1n) is 6.77. The van der Waals surface area contributed by atoms with Gasteiger partial charge in [-0.15, -0.1) is 0 Å². The van der Waals surface area contributed by atoms with Crippen molar-refractivity contribution >= 4 is 18.0 Å². The molecule has 0 saturated heterocycles. The van der Waals surface area contributed by atoms with Crippen LogP contribution in [0.1, 0.15) is 23.7 Å². The van der Waals surface area contributed by atoms with Crippen molar-refractivity contribution in [3.8, 4) is 0 Å². The van der Waals surface area contributed by atoms with Crippen LogP contribution in [-0.4, -0.2) is 17.0 Å². The second kappa shape index (κ2) is 5.80. The van der Waals surface area contributed by atoms with E-state index in [0.29, 0.717) is 0 Å². The molecule has 1 fully saturated rings. The van der Waals surface area contributed by atoms with Crippen molar-refractivity contribution in [1.82, 2.24) is 5.43 Å². The van der Waals surface area contributed by atoms with Gasteiger partial charge in [0.25, 0.3) is 0 Å². The normalized spacial score (nSPS) is 20.0. The van der Waals surface area contributed by atoms with E-state index in [2.05, 4.69) is 10.5 Å². The monoisotopic (exact) mass is 299 g/mol. The zero-order valence-electron chi connectivity index (χ0n) is 11.5. The molecule has 0 spiro atoms. The van der Waals surface area contributed by atoms with E-state index in [1.165, 1.54) is 18.3 Å². The van der Waals surface area contributed by atoms with Crippen molar-refractivity contribution < 1.29 is 14.1 Å². The molecule has 1 saturated carbocycles. The van der Waals surface area contributed by atoms with Gasteiger partial charge in [0.2, 0.25) is 5.91 Å². The topological polar surface area (TPSA) is 97.7 Å². The fourth-order valence-electron chi connectivity index (χ4n) is 2.31. The minimum Gasteiger partial charge on any atom is -0.400 e. The lowest BCUT2D eigenvalue weighted by atomic mass is 10.1. The van der Waals surface area contributed by atoms with E-state index in [9.17, 15) is 14.9 Å². The van der Waals surface area contributed by atoms with Gasteiger partial charge in [-0.3, -0.25) is 14.9 Å². The van der Waals surface area contributed by atoms with Crippen LogP contribution in [0.5, 0.6) is 0 Å². The largest absolute Gasteiger partial charge is 0.433 e. The molecule has 2 atom stereocenters. The van der Waals surface area contributed by atoms with E-state index >= 15 is 0 Å². The van der Waals surface area contributed by atoms with E-state index < -0.39 is 4.92 Å². The Bertz CT molecular complexity index is 723. The van der Waals surface area contributed by atoms with Crippen molar-refractivity contribution in [2.75, 3.05) is 0 Å². The van der Waals surface area contributed by atoms with Gasteiger partial charge < -0.3 is 4.42 Å². The average molecular weight is 299 g/mol. The van der Waals surface area contributed by atoms with Gasteiger partial charge in [0, 0.05) is 5.92 Å². The summed E-state index contributed by atoms with van der Waals surface area (Å²) >= 11 is 0. The molecule has 7 heteroatoms. The third-order valence-electron chi connectivity index (χ3n) is 3.51. The molecule has 1 aliphatic carbocycles. The van der Waals surface area contributed by atoms with Crippen molar-refractivity contribution in [2.45, 2.75) is 12.3 Å². The summed E-state index contributed by atoms with van der Waals surface area (Å²) in [5.41, 5.74) is 3.58. The Morgan fingerprint density at radius 3 is 2.77 bits per heavy atom. The lowest BCUT2D eigenvalue weighted by Gasteiger charge is -1.99. The summed E-state index contributed by atoms with van der Waals surface area (Å²) < 4.78 is 4.89. The lowest BCUT2D eigenvalue weighted by Crippen LogP contribution is -2.20. The quantitative estimate of drug-likeness (QED) is 0.521. The zero-order valence-corrected chi connectivity index (χ0v) is 11.5. The third kappa shape index (κ3) is 3.03. The van der Waals surface area contributed by atoms with Crippen molar-refractivity contribution in [1.29, 1.82) is 0 Å². The van der Waals surface area contributed by atoms with E-state index in [4.69, 9.17) is 4.42 Å². The minimum absolute atomic E-state index is 0.0783. The van der Waals surface area contributed by atoms with Crippen molar-refractivity contribution in [3.05, 3.63) is 63.9 Å². The van der Waals surface area contributed by atoms with Crippen LogP contribution in [0.25, 0.3) is 0 Å². The number of nitrogens with zero attached hydrogens (tertiary/aromatic N) is 2. The summed E-state index contributed by atoms with van der Waals surface area (Å²) in [5.74, 6) is -0.153. The lowest BCUT2D eigenvalue weighted by molar-refractivity contribution is -0.402. The van der Waals surface area contributed by atoms with Gasteiger partial charge in [-0.2, -0.15) is 5.10 Å². The molecule has 22 heavy (non-hydrogen) atoms. The summed E-state index contributed by atoms with van der Waals surface area (Å²) in [5, 5.41) is 14.2. The van der Waals surface area contributed by atoms with Crippen LogP contribution in [0, 0.1) is 16.0 Å². The molecule has 2 aromatic rings. The Kier molecular flexibility index (Phi) is 3.69. The predicted molar refractivity (Wildman–Crippen MR) is 78.4 cm³/mol. The highest BCUT2D eigenvalue weighted by Crippen LogP contribution is 2.47. The van der Waals surface area contributed by atoms with Crippen molar-refractivity contribution in [2.24, 2.45) is 11.0 Å². The van der Waals surface area contributed by atoms with Gasteiger partial charge in [0.15, 0.2) is 5.76 Å². The van der Waals surface area contributed by atoms with Crippen molar-refractivity contribution in [3.63, 3.8) is 0 Å². The van der Waals surface area contributed by atoms with Gasteiger partial charge in [0.05, 0.1) is 12.3 Å². The molecule has 1 N–H and O–H groups in total. The first kappa shape index (κ1) is 14.0. The molecule has 1 amide bonds. The molecule has 1 aromatic carbocycles. The number of nitrogens with one attached hydrogen (secondary N) is 1. The SMILES string of the molecule is O=C(N/N=C\c1ccc([N+](=O)[O-])o1)[C@H]1C[C@H]1c1ccccc1. The van der Waals surface area contributed by atoms with Gasteiger partial charge in [-0.25, -0.2) is 5.43 Å². The first-order valence-corrected chi connectivity index (χ1v) is 6.77. The summed E-state index contributed by atoms with van der Waals surface area (Å²) in [4.78, 5) is 21.8. The smallest absolute Gasteiger partial charge is 0.400 e. The molecule has 1 heterocycles. The van der Waals surface area contributed by atoms with Gasteiger partial charge in [-0.1, -0.05) is 30.3 Å². The number of rotatable bonds is 5. The van der Waals surface area contributed by atoms with Crippen LogP contribution in [0.4, 0.5) is 5.88 Å². The molecule has 0 aliphatic heterocycles. The number of amides is 1. The maximum atomic E-state index is 11.9. The molecule has 0 radical (unpaired) electrons. The highest BCUT2D eigenvalue weighted by molar-refractivity contribution is 5.84. The molecule has 3 rings (SSSR count). The van der Waals surface area contributed by atoms with E-state index in [1.807, 2.05) is 30.3 Å². The number of furan rings is 1. The fourth-order valence-corrected chi connectivity index (χ4v) is 2.31. The molecule has 112 valence electrons. The number of benzene rings is 1. The number of hydrogen-bond acceptors (Lipinski definition) is 5. The predicted octanol–water partition coefficient (Wildman–Crippen LogP) is 2.44. The molecular weight excluding hydrogens is 286 g/mol. The first-order chi connectivity index (χ1) is 10.6. The van der Waals surface area contributed by atoms with Crippen LogP contribution < -0.4 is 5.43 Å². The number of carbonyl (C=O) groups is 1. The van der Waals surface area contributed by atoms with E-state index in [0.717, 1.165) is 12.0 Å². The summed E-state index contributed by atoms with van der Waals surface area (Å²) in [6.07, 6.45) is 2.04. The number of carbonyl (C=O) groups excluding carboxylic acids is 1. The summed E-state index contributed by atoms with van der Waals surface area (Å²) in [6, 6.07) is 12.5. The molecule has 0 bridgehead atoms. The molecule has 1 aliphatic rings. The Balaban J connectivity index is 1.53. The van der Waals surface area contributed by atoms with E-state index in [1.54, 1.807) is 0 Å². The van der Waals surface area contributed by atoms with Crippen LogP contribution >= 0.6 is 0 Å².